The van der Waals surface area contributed by atoms with E-state index in [2.05, 4.69) is 24.4 Å². The highest BCUT2D eigenvalue weighted by Gasteiger charge is 2.34. The Kier molecular flexibility index (Phi) is 5.40. The highest BCUT2D eigenvalue weighted by molar-refractivity contribution is 5.94. The van der Waals surface area contributed by atoms with Crippen molar-refractivity contribution >= 4 is 11.6 Å². The lowest BCUT2D eigenvalue weighted by molar-refractivity contribution is -0.120. The molecule has 21 heavy (non-hydrogen) atoms. The summed E-state index contributed by atoms with van der Waals surface area (Å²) in [5.74, 6) is 0.236. The third kappa shape index (κ3) is 3.85. The SMILES string of the molecule is CCN(C(=O)CC1(NC)CCCCC1)c1cccc(C)c1. The summed E-state index contributed by atoms with van der Waals surface area (Å²) in [6.07, 6.45) is 6.58. The lowest BCUT2D eigenvalue weighted by atomic mass is 9.79. The number of anilines is 1. The molecule has 0 spiro atoms. The van der Waals surface area contributed by atoms with Crippen molar-refractivity contribution in [2.75, 3.05) is 18.5 Å². The summed E-state index contributed by atoms with van der Waals surface area (Å²) in [5, 5.41) is 3.44. The van der Waals surface area contributed by atoms with Crippen LogP contribution in [0.2, 0.25) is 0 Å². The summed E-state index contributed by atoms with van der Waals surface area (Å²) < 4.78 is 0. The van der Waals surface area contributed by atoms with E-state index in [0.717, 1.165) is 25.1 Å². The van der Waals surface area contributed by atoms with Crippen LogP contribution in [0, 0.1) is 6.92 Å². The van der Waals surface area contributed by atoms with E-state index >= 15 is 0 Å². The molecular formula is C18H28N2O. The van der Waals surface area contributed by atoms with Crippen LogP contribution >= 0.6 is 0 Å². The smallest absolute Gasteiger partial charge is 0.228 e. The van der Waals surface area contributed by atoms with Crippen molar-refractivity contribution in [2.24, 2.45) is 0 Å². The molecule has 3 heteroatoms. The molecule has 1 aromatic rings. The molecular weight excluding hydrogens is 260 g/mol. The van der Waals surface area contributed by atoms with Crippen LogP contribution in [0.15, 0.2) is 24.3 Å². The molecule has 0 radical (unpaired) electrons. The monoisotopic (exact) mass is 288 g/mol. The molecule has 1 N–H and O–H groups in total. The van der Waals surface area contributed by atoms with Crippen molar-refractivity contribution in [1.82, 2.24) is 5.32 Å². The van der Waals surface area contributed by atoms with Gasteiger partial charge in [0.25, 0.3) is 0 Å². The van der Waals surface area contributed by atoms with Gasteiger partial charge in [-0.05, 0) is 51.4 Å². The van der Waals surface area contributed by atoms with Gasteiger partial charge < -0.3 is 10.2 Å². The number of hydrogen-bond donors (Lipinski definition) is 1. The zero-order valence-electron chi connectivity index (χ0n) is 13.6. The Hall–Kier alpha value is -1.35. The fraction of sp³-hybridized carbons (Fsp3) is 0.611. The topological polar surface area (TPSA) is 32.3 Å². The van der Waals surface area contributed by atoms with Crippen LogP contribution in [-0.4, -0.2) is 25.0 Å². The van der Waals surface area contributed by atoms with Gasteiger partial charge in [0.05, 0.1) is 0 Å². The first-order valence-electron chi connectivity index (χ1n) is 8.16. The largest absolute Gasteiger partial charge is 0.314 e. The quantitative estimate of drug-likeness (QED) is 0.896. The molecule has 1 fully saturated rings. The second kappa shape index (κ2) is 7.08. The van der Waals surface area contributed by atoms with Crippen LogP contribution in [0.5, 0.6) is 0 Å². The van der Waals surface area contributed by atoms with E-state index in [9.17, 15) is 4.79 Å². The molecule has 116 valence electrons. The van der Waals surface area contributed by atoms with Crippen LogP contribution in [-0.2, 0) is 4.79 Å². The second-order valence-electron chi connectivity index (χ2n) is 6.24. The summed E-state index contributed by atoms with van der Waals surface area (Å²) in [5.41, 5.74) is 2.22. The third-order valence-corrected chi connectivity index (χ3v) is 4.76. The highest BCUT2D eigenvalue weighted by atomic mass is 16.2. The van der Waals surface area contributed by atoms with Crippen LogP contribution in [0.25, 0.3) is 0 Å². The van der Waals surface area contributed by atoms with Crippen molar-refractivity contribution in [1.29, 1.82) is 0 Å². The molecule has 0 bridgehead atoms. The summed E-state index contributed by atoms with van der Waals surface area (Å²) in [7, 11) is 2.00. The van der Waals surface area contributed by atoms with Crippen LogP contribution in [0.4, 0.5) is 5.69 Å². The number of carbonyl (C=O) groups excluding carboxylic acids is 1. The first-order valence-corrected chi connectivity index (χ1v) is 8.16. The molecule has 0 saturated heterocycles. The summed E-state index contributed by atoms with van der Waals surface area (Å²) in [6.45, 7) is 4.84. The maximum atomic E-state index is 12.8. The highest BCUT2D eigenvalue weighted by Crippen LogP contribution is 2.32. The summed E-state index contributed by atoms with van der Waals surface area (Å²) in [6, 6.07) is 8.21. The molecule has 1 aliphatic rings. The molecule has 1 aromatic carbocycles. The average molecular weight is 288 g/mol. The number of nitrogens with one attached hydrogen (secondary N) is 1. The van der Waals surface area contributed by atoms with Crippen LogP contribution < -0.4 is 10.2 Å². The molecule has 2 rings (SSSR count). The van der Waals surface area contributed by atoms with Gasteiger partial charge >= 0.3 is 0 Å². The maximum Gasteiger partial charge on any atom is 0.228 e. The Balaban J connectivity index is 2.12. The number of benzene rings is 1. The van der Waals surface area contributed by atoms with Gasteiger partial charge in [-0.2, -0.15) is 0 Å². The number of nitrogens with zero attached hydrogens (tertiary/aromatic N) is 1. The van der Waals surface area contributed by atoms with Crippen molar-refractivity contribution in [3.8, 4) is 0 Å². The Morgan fingerprint density at radius 2 is 2.00 bits per heavy atom. The molecule has 0 heterocycles. The lowest BCUT2D eigenvalue weighted by Gasteiger charge is -2.38. The van der Waals surface area contributed by atoms with Crippen LogP contribution in [0.1, 0.15) is 51.0 Å². The normalized spacial score (nSPS) is 17.5. The van der Waals surface area contributed by atoms with Gasteiger partial charge in [0, 0.05) is 24.2 Å². The molecule has 1 saturated carbocycles. The van der Waals surface area contributed by atoms with E-state index in [4.69, 9.17) is 0 Å². The van der Waals surface area contributed by atoms with Gasteiger partial charge in [-0.25, -0.2) is 0 Å². The van der Waals surface area contributed by atoms with Crippen molar-refractivity contribution in [3.05, 3.63) is 29.8 Å². The predicted octanol–water partition coefficient (Wildman–Crippen LogP) is 3.66. The molecule has 0 aliphatic heterocycles. The summed E-state index contributed by atoms with van der Waals surface area (Å²) in [4.78, 5) is 14.7. The third-order valence-electron chi connectivity index (χ3n) is 4.76. The Morgan fingerprint density at radius 1 is 1.29 bits per heavy atom. The van der Waals surface area contributed by atoms with Gasteiger partial charge in [0.15, 0.2) is 0 Å². The minimum absolute atomic E-state index is 0.00653. The van der Waals surface area contributed by atoms with Crippen molar-refractivity contribution < 1.29 is 4.79 Å². The van der Waals surface area contributed by atoms with Crippen molar-refractivity contribution in [2.45, 2.75) is 57.9 Å². The summed E-state index contributed by atoms with van der Waals surface area (Å²) >= 11 is 0. The Bertz CT molecular complexity index is 478. The van der Waals surface area contributed by atoms with Crippen LogP contribution in [0.3, 0.4) is 0 Å². The van der Waals surface area contributed by atoms with E-state index in [1.165, 1.54) is 24.8 Å². The number of hydrogen-bond acceptors (Lipinski definition) is 2. The standard InChI is InChI=1S/C18H28N2O/c1-4-20(16-10-8-9-15(2)13-16)17(21)14-18(19-3)11-6-5-7-12-18/h8-10,13,19H,4-7,11-12,14H2,1-3H3. The number of rotatable bonds is 5. The van der Waals surface area contributed by atoms with E-state index < -0.39 is 0 Å². The minimum atomic E-state index is 0.00653. The zero-order valence-corrected chi connectivity index (χ0v) is 13.6. The maximum absolute atomic E-state index is 12.8. The molecule has 0 unspecified atom stereocenters. The predicted molar refractivity (Wildman–Crippen MR) is 88.7 cm³/mol. The lowest BCUT2D eigenvalue weighted by Crippen LogP contribution is -2.49. The van der Waals surface area contributed by atoms with Gasteiger partial charge in [0.2, 0.25) is 5.91 Å². The fourth-order valence-corrected chi connectivity index (χ4v) is 3.43. The number of carbonyl (C=O) groups is 1. The van der Waals surface area contributed by atoms with Gasteiger partial charge in [-0.3, -0.25) is 4.79 Å². The van der Waals surface area contributed by atoms with E-state index in [0.29, 0.717) is 6.42 Å². The Morgan fingerprint density at radius 3 is 2.57 bits per heavy atom. The minimum Gasteiger partial charge on any atom is -0.314 e. The van der Waals surface area contributed by atoms with E-state index in [1.54, 1.807) is 0 Å². The zero-order chi connectivity index (χ0) is 15.3. The average Bonchev–Trinajstić information content (AvgIpc) is 2.49. The molecule has 1 aliphatic carbocycles. The van der Waals surface area contributed by atoms with Gasteiger partial charge in [0.1, 0.15) is 0 Å². The van der Waals surface area contributed by atoms with E-state index in [1.807, 2.05) is 31.0 Å². The van der Waals surface area contributed by atoms with Gasteiger partial charge in [-0.1, -0.05) is 31.4 Å². The fourth-order valence-electron chi connectivity index (χ4n) is 3.43. The molecule has 3 nitrogen and oxygen atoms in total. The Labute approximate surface area is 128 Å². The number of aryl methyl sites for hydroxylation is 1. The molecule has 0 atom stereocenters. The van der Waals surface area contributed by atoms with Gasteiger partial charge in [-0.15, -0.1) is 0 Å². The van der Waals surface area contributed by atoms with Crippen molar-refractivity contribution in [3.63, 3.8) is 0 Å². The second-order valence-corrected chi connectivity index (χ2v) is 6.24. The number of amides is 1. The molecule has 1 amide bonds. The molecule has 0 aromatic heterocycles. The van der Waals surface area contributed by atoms with E-state index in [-0.39, 0.29) is 11.4 Å². The first kappa shape index (κ1) is 16.0. The first-order chi connectivity index (χ1) is 10.1.